The van der Waals surface area contributed by atoms with Gasteiger partial charge in [-0.15, -0.1) is 0 Å². The Balaban J connectivity index is 1.62. The number of benzene rings is 2. The Morgan fingerprint density at radius 1 is 0.960 bits per heavy atom. The van der Waals surface area contributed by atoms with Gasteiger partial charge in [0.1, 0.15) is 16.5 Å². The van der Waals surface area contributed by atoms with Gasteiger partial charge in [-0.3, -0.25) is 4.90 Å². The van der Waals surface area contributed by atoms with Crippen molar-refractivity contribution in [2.45, 2.75) is 30.8 Å². The van der Waals surface area contributed by atoms with Gasteiger partial charge in [-0.25, -0.2) is 21.9 Å². The fraction of sp³-hybridized carbons (Fsp3) is 0.333. The fourth-order valence-corrected chi connectivity index (χ4v) is 3.99. The molecule has 1 aliphatic heterocycles. The van der Waals surface area contributed by atoms with Crippen LogP contribution in [-0.4, -0.2) is 26.4 Å². The Hall–Kier alpha value is -1.83. The van der Waals surface area contributed by atoms with Crippen molar-refractivity contribution in [3.8, 4) is 0 Å². The van der Waals surface area contributed by atoms with Crippen LogP contribution in [0.4, 0.5) is 8.78 Å². The number of likely N-dealkylation sites (tertiary alicyclic amines) is 1. The van der Waals surface area contributed by atoms with Crippen LogP contribution >= 0.6 is 0 Å². The van der Waals surface area contributed by atoms with Gasteiger partial charge in [0.15, 0.2) is 0 Å². The number of rotatable bonds is 6. The second-order valence-corrected chi connectivity index (χ2v) is 7.93. The van der Waals surface area contributed by atoms with Crippen LogP contribution in [0.1, 0.15) is 24.0 Å². The lowest BCUT2D eigenvalue weighted by molar-refractivity contribution is 0.331. The summed E-state index contributed by atoms with van der Waals surface area (Å²) in [6.45, 7) is 3.17. The van der Waals surface area contributed by atoms with E-state index in [0.29, 0.717) is 6.07 Å². The van der Waals surface area contributed by atoms with Crippen LogP contribution in [-0.2, 0) is 23.1 Å². The molecule has 0 aliphatic carbocycles. The summed E-state index contributed by atoms with van der Waals surface area (Å²) in [4.78, 5) is 1.83. The number of hydrogen-bond donors (Lipinski definition) is 1. The highest BCUT2D eigenvalue weighted by molar-refractivity contribution is 7.89. The molecule has 2 aromatic rings. The Labute approximate surface area is 146 Å². The topological polar surface area (TPSA) is 49.4 Å². The van der Waals surface area contributed by atoms with Crippen LogP contribution in [0, 0.1) is 11.6 Å². The summed E-state index contributed by atoms with van der Waals surface area (Å²) in [5, 5.41) is 0. The fourth-order valence-electron chi connectivity index (χ4n) is 2.91. The lowest BCUT2D eigenvalue weighted by Crippen LogP contribution is -2.24. The average molecular weight is 366 g/mol. The number of nitrogens with zero attached hydrogens (tertiary/aromatic N) is 1. The predicted molar refractivity (Wildman–Crippen MR) is 91.3 cm³/mol. The van der Waals surface area contributed by atoms with Crippen molar-refractivity contribution in [3.63, 3.8) is 0 Å². The third-order valence-corrected chi connectivity index (χ3v) is 5.71. The van der Waals surface area contributed by atoms with Gasteiger partial charge in [0.05, 0.1) is 0 Å². The van der Waals surface area contributed by atoms with E-state index in [0.717, 1.165) is 37.3 Å². The van der Waals surface area contributed by atoms with Crippen molar-refractivity contribution in [1.82, 2.24) is 9.62 Å². The van der Waals surface area contributed by atoms with Crippen molar-refractivity contribution in [1.29, 1.82) is 0 Å². The van der Waals surface area contributed by atoms with Gasteiger partial charge in [-0.05, 0) is 49.2 Å². The Morgan fingerprint density at radius 3 is 2.24 bits per heavy atom. The molecule has 1 heterocycles. The molecule has 0 saturated carbocycles. The van der Waals surface area contributed by atoms with Crippen molar-refractivity contribution in [3.05, 3.63) is 65.2 Å². The van der Waals surface area contributed by atoms with Crippen molar-refractivity contribution in [2.24, 2.45) is 0 Å². The van der Waals surface area contributed by atoms with E-state index in [9.17, 15) is 17.2 Å². The smallest absolute Gasteiger partial charge is 0.243 e. The molecule has 0 unspecified atom stereocenters. The lowest BCUT2D eigenvalue weighted by atomic mass is 10.1. The molecule has 0 spiro atoms. The molecule has 4 nitrogen and oxygen atoms in total. The van der Waals surface area contributed by atoms with E-state index in [-0.39, 0.29) is 6.54 Å². The van der Waals surface area contributed by atoms with Crippen LogP contribution in [0.25, 0.3) is 0 Å². The Bertz CT molecular complexity index is 833. The SMILES string of the molecule is O=S(=O)(NCc1ccc(CN2CCCC2)cc1)c1ccc(F)cc1F. The zero-order valence-corrected chi connectivity index (χ0v) is 14.5. The second-order valence-electron chi connectivity index (χ2n) is 6.20. The average Bonchev–Trinajstić information content (AvgIpc) is 3.07. The van der Waals surface area contributed by atoms with Gasteiger partial charge in [-0.2, -0.15) is 0 Å². The summed E-state index contributed by atoms with van der Waals surface area (Å²) in [5.74, 6) is -1.92. The Morgan fingerprint density at radius 2 is 1.60 bits per heavy atom. The molecule has 134 valence electrons. The molecule has 0 amide bonds. The number of nitrogens with one attached hydrogen (secondary N) is 1. The first-order chi connectivity index (χ1) is 11.9. The molecule has 3 rings (SSSR count). The minimum atomic E-state index is -4.03. The molecular formula is C18H20F2N2O2S. The van der Waals surface area contributed by atoms with Crippen LogP contribution in [0.5, 0.6) is 0 Å². The third kappa shape index (κ3) is 4.62. The minimum Gasteiger partial charge on any atom is -0.299 e. The number of sulfonamides is 1. The van der Waals surface area contributed by atoms with Crippen molar-refractivity contribution >= 4 is 10.0 Å². The molecule has 0 atom stereocenters. The van der Waals surface area contributed by atoms with E-state index in [1.165, 1.54) is 18.4 Å². The molecule has 7 heteroatoms. The molecule has 25 heavy (non-hydrogen) atoms. The predicted octanol–water partition coefficient (Wildman–Crippen LogP) is 3.04. The first-order valence-corrected chi connectivity index (χ1v) is 9.67. The van der Waals surface area contributed by atoms with Crippen LogP contribution in [0.15, 0.2) is 47.4 Å². The monoisotopic (exact) mass is 366 g/mol. The van der Waals surface area contributed by atoms with Crippen LogP contribution in [0.3, 0.4) is 0 Å². The first-order valence-electron chi connectivity index (χ1n) is 8.19. The highest BCUT2D eigenvalue weighted by atomic mass is 32.2. The van der Waals surface area contributed by atoms with E-state index in [2.05, 4.69) is 9.62 Å². The molecule has 0 bridgehead atoms. The maximum atomic E-state index is 13.7. The van der Waals surface area contributed by atoms with E-state index in [4.69, 9.17) is 0 Å². The zero-order chi connectivity index (χ0) is 17.9. The maximum absolute atomic E-state index is 13.7. The van der Waals surface area contributed by atoms with Crippen LogP contribution < -0.4 is 4.72 Å². The quantitative estimate of drug-likeness (QED) is 0.855. The lowest BCUT2D eigenvalue weighted by Gasteiger charge is -2.14. The molecule has 2 aromatic carbocycles. The Kier molecular flexibility index (Phi) is 5.46. The summed E-state index contributed by atoms with van der Waals surface area (Å²) in [6.07, 6.45) is 2.47. The third-order valence-electron chi connectivity index (χ3n) is 4.28. The largest absolute Gasteiger partial charge is 0.299 e. The second kappa shape index (κ2) is 7.59. The summed E-state index contributed by atoms with van der Waals surface area (Å²) in [6, 6.07) is 10.1. The zero-order valence-electron chi connectivity index (χ0n) is 13.7. The highest BCUT2D eigenvalue weighted by Gasteiger charge is 2.19. The van der Waals surface area contributed by atoms with Crippen molar-refractivity contribution in [2.75, 3.05) is 13.1 Å². The minimum absolute atomic E-state index is 0.0448. The molecule has 1 aliphatic rings. The summed E-state index contributed by atoms with van der Waals surface area (Å²) < 4.78 is 53.2. The van der Waals surface area contributed by atoms with E-state index >= 15 is 0 Å². The van der Waals surface area contributed by atoms with E-state index in [1.807, 2.05) is 24.3 Å². The van der Waals surface area contributed by atoms with Gasteiger partial charge < -0.3 is 0 Å². The molecule has 1 N–H and O–H groups in total. The number of hydrogen-bond acceptors (Lipinski definition) is 3. The highest BCUT2D eigenvalue weighted by Crippen LogP contribution is 2.17. The van der Waals surface area contributed by atoms with Gasteiger partial charge in [0, 0.05) is 19.2 Å². The maximum Gasteiger partial charge on any atom is 0.243 e. The summed E-state index contributed by atoms with van der Waals surface area (Å²) in [5.41, 5.74) is 1.95. The summed E-state index contributed by atoms with van der Waals surface area (Å²) in [7, 11) is -4.03. The van der Waals surface area contributed by atoms with Gasteiger partial charge in [-0.1, -0.05) is 24.3 Å². The van der Waals surface area contributed by atoms with E-state index in [1.54, 1.807) is 0 Å². The number of halogens is 2. The molecule has 0 aromatic heterocycles. The first kappa shape index (κ1) is 18.0. The van der Waals surface area contributed by atoms with Gasteiger partial charge in [0.2, 0.25) is 10.0 Å². The molecule has 0 radical (unpaired) electrons. The summed E-state index contributed by atoms with van der Waals surface area (Å²) >= 11 is 0. The van der Waals surface area contributed by atoms with Crippen molar-refractivity contribution < 1.29 is 17.2 Å². The standard InChI is InChI=1S/C18H20F2N2O2S/c19-16-7-8-18(17(20)11-16)25(23,24)21-12-14-3-5-15(6-4-14)13-22-9-1-2-10-22/h3-8,11,21H,1-2,9-10,12-13H2. The normalized spacial score (nSPS) is 15.6. The van der Waals surface area contributed by atoms with Gasteiger partial charge in [0.25, 0.3) is 0 Å². The molecular weight excluding hydrogens is 346 g/mol. The van der Waals surface area contributed by atoms with Crippen LogP contribution in [0.2, 0.25) is 0 Å². The van der Waals surface area contributed by atoms with E-state index < -0.39 is 26.6 Å². The van der Waals surface area contributed by atoms with Gasteiger partial charge >= 0.3 is 0 Å². The molecule has 1 fully saturated rings. The molecule has 1 saturated heterocycles.